The highest BCUT2D eigenvalue weighted by Gasteiger charge is 2.11. The molecule has 1 aromatic carbocycles. The van der Waals surface area contributed by atoms with Crippen LogP contribution in [0.25, 0.3) is 0 Å². The van der Waals surface area contributed by atoms with E-state index in [4.69, 9.17) is 11.5 Å². The van der Waals surface area contributed by atoms with Gasteiger partial charge in [0.15, 0.2) is 0 Å². The Morgan fingerprint density at radius 1 is 1.37 bits per heavy atom. The van der Waals surface area contributed by atoms with E-state index in [1.165, 1.54) is 4.90 Å². The molecule has 1 atom stereocenters. The Morgan fingerprint density at radius 3 is 2.89 bits per heavy atom. The van der Waals surface area contributed by atoms with Gasteiger partial charge in [0, 0.05) is 32.9 Å². The SMILES string of the molecule is Cc1cnc(N)c(C(N)CSc2cccc(Br)c2)c1. The number of aromatic nitrogens is 1. The fraction of sp³-hybridized carbons (Fsp3) is 0.214. The zero-order valence-corrected chi connectivity index (χ0v) is 13.0. The van der Waals surface area contributed by atoms with Crippen LogP contribution in [0.3, 0.4) is 0 Å². The van der Waals surface area contributed by atoms with Crippen LogP contribution in [-0.2, 0) is 0 Å². The van der Waals surface area contributed by atoms with Crippen LogP contribution in [0.5, 0.6) is 0 Å². The summed E-state index contributed by atoms with van der Waals surface area (Å²) in [6.07, 6.45) is 1.76. The number of nitrogens with zero attached hydrogens (tertiary/aromatic N) is 1. The van der Waals surface area contributed by atoms with Crippen molar-refractivity contribution in [2.45, 2.75) is 17.9 Å². The Bertz CT molecular complexity index is 574. The summed E-state index contributed by atoms with van der Waals surface area (Å²) in [5.74, 6) is 1.29. The maximum atomic E-state index is 6.20. The molecule has 3 nitrogen and oxygen atoms in total. The maximum Gasteiger partial charge on any atom is 0.128 e. The first-order valence-electron chi connectivity index (χ1n) is 5.92. The minimum absolute atomic E-state index is 0.114. The third-order valence-corrected chi connectivity index (χ3v) is 4.32. The molecular weight excluding hydrogens is 322 g/mol. The first-order chi connectivity index (χ1) is 9.06. The van der Waals surface area contributed by atoms with Crippen LogP contribution in [0.4, 0.5) is 5.82 Å². The van der Waals surface area contributed by atoms with Gasteiger partial charge in [-0.15, -0.1) is 11.8 Å². The van der Waals surface area contributed by atoms with Gasteiger partial charge < -0.3 is 11.5 Å². The Kier molecular flexibility index (Phi) is 4.85. The minimum Gasteiger partial charge on any atom is -0.383 e. The molecule has 4 N–H and O–H groups in total. The van der Waals surface area contributed by atoms with Crippen molar-refractivity contribution in [3.63, 3.8) is 0 Å². The van der Waals surface area contributed by atoms with Crippen LogP contribution >= 0.6 is 27.7 Å². The molecule has 0 aliphatic carbocycles. The summed E-state index contributed by atoms with van der Waals surface area (Å²) in [6.45, 7) is 1.99. The molecule has 0 aliphatic rings. The molecule has 100 valence electrons. The van der Waals surface area contributed by atoms with E-state index in [0.29, 0.717) is 5.82 Å². The molecule has 0 amide bonds. The monoisotopic (exact) mass is 337 g/mol. The molecule has 19 heavy (non-hydrogen) atoms. The highest BCUT2D eigenvalue weighted by Crippen LogP contribution is 2.27. The summed E-state index contributed by atoms with van der Waals surface area (Å²) in [5.41, 5.74) is 14.1. The summed E-state index contributed by atoms with van der Waals surface area (Å²) in [5, 5.41) is 0. The Hall–Kier alpha value is -1.04. The lowest BCUT2D eigenvalue weighted by Crippen LogP contribution is -2.16. The summed E-state index contributed by atoms with van der Waals surface area (Å²) in [4.78, 5) is 5.33. The van der Waals surface area contributed by atoms with Gasteiger partial charge in [-0.1, -0.05) is 22.0 Å². The van der Waals surface area contributed by atoms with E-state index >= 15 is 0 Å². The predicted octanol–water partition coefficient (Wildman–Crippen LogP) is 3.53. The summed E-state index contributed by atoms with van der Waals surface area (Å²) in [7, 11) is 0. The average Bonchev–Trinajstić information content (AvgIpc) is 2.39. The molecule has 2 aromatic rings. The second kappa shape index (κ2) is 6.41. The number of hydrogen-bond donors (Lipinski definition) is 2. The molecule has 1 aromatic heterocycles. The summed E-state index contributed by atoms with van der Waals surface area (Å²) < 4.78 is 1.07. The van der Waals surface area contributed by atoms with Crippen LogP contribution in [0.1, 0.15) is 17.2 Å². The smallest absolute Gasteiger partial charge is 0.128 e. The lowest BCUT2D eigenvalue weighted by molar-refractivity contribution is 0.826. The first-order valence-corrected chi connectivity index (χ1v) is 7.70. The molecule has 5 heteroatoms. The Labute approximate surface area is 125 Å². The van der Waals surface area contributed by atoms with Crippen molar-refractivity contribution in [2.75, 3.05) is 11.5 Å². The van der Waals surface area contributed by atoms with Gasteiger partial charge in [0.05, 0.1) is 0 Å². The molecule has 0 saturated carbocycles. The van der Waals surface area contributed by atoms with Gasteiger partial charge in [-0.05, 0) is 36.8 Å². The molecule has 0 spiro atoms. The van der Waals surface area contributed by atoms with Gasteiger partial charge in [-0.2, -0.15) is 0 Å². The lowest BCUT2D eigenvalue weighted by atomic mass is 10.1. The zero-order chi connectivity index (χ0) is 13.8. The number of halogens is 1. The van der Waals surface area contributed by atoms with E-state index in [9.17, 15) is 0 Å². The highest BCUT2D eigenvalue weighted by molar-refractivity contribution is 9.10. The molecule has 0 bridgehead atoms. The third-order valence-electron chi connectivity index (χ3n) is 2.71. The van der Waals surface area contributed by atoms with Crippen molar-refractivity contribution < 1.29 is 0 Å². The summed E-state index contributed by atoms with van der Waals surface area (Å²) >= 11 is 5.17. The van der Waals surface area contributed by atoms with E-state index in [1.807, 2.05) is 25.1 Å². The summed E-state index contributed by atoms with van der Waals surface area (Å²) in [6, 6.07) is 10.1. The van der Waals surface area contributed by atoms with Gasteiger partial charge in [0.25, 0.3) is 0 Å². The number of nitrogens with two attached hydrogens (primary N) is 2. The fourth-order valence-electron chi connectivity index (χ4n) is 1.73. The van der Waals surface area contributed by atoms with Gasteiger partial charge in [-0.25, -0.2) is 4.98 Å². The van der Waals surface area contributed by atoms with Crippen LogP contribution in [-0.4, -0.2) is 10.7 Å². The van der Waals surface area contributed by atoms with E-state index in [1.54, 1.807) is 18.0 Å². The molecule has 0 aliphatic heterocycles. The molecule has 1 unspecified atom stereocenters. The number of anilines is 1. The first kappa shape index (κ1) is 14.4. The van der Waals surface area contributed by atoms with Crippen molar-refractivity contribution in [1.29, 1.82) is 0 Å². The molecule has 0 radical (unpaired) electrons. The number of aryl methyl sites for hydroxylation is 1. The van der Waals surface area contributed by atoms with Crippen LogP contribution < -0.4 is 11.5 Å². The zero-order valence-electron chi connectivity index (χ0n) is 10.6. The number of rotatable bonds is 4. The lowest BCUT2D eigenvalue weighted by Gasteiger charge is -2.14. The molecule has 0 fully saturated rings. The van der Waals surface area contributed by atoms with Crippen molar-refractivity contribution in [2.24, 2.45) is 5.73 Å². The number of pyridine rings is 1. The number of hydrogen-bond acceptors (Lipinski definition) is 4. The van der Waals surface area contributed by atoms with Crippen LogP contribution in [0, 0.1) is 6.92 Å². The minimum atomic E-state index is -0.114. The number of thioether (sulfide) groups is 1. The standard InChI is InChI=1S/C14H16BrN3S/c1-9-5-12(14(17)18-7-9)13(16)8-19-11-4-2-3-10(15)6-11/h2-7,13H,8,16H2,1H3,(H2,17,18). The Morgan fingerprint density at radius 2 is 2.16 bits per heavy atom. The maximum absolute atomic E-state index is 6.20. The van der Waals surface area contributed by atoms with E-state index in [0.717, 1.165) is 21.4 Å². The molecule has 0 saturated heterocycles. The average molecular weight is 338 g/mol. The molecular formula is C14H16BrN3S. The van der Waals surface area contributed by atoms with Crippen LogP contribution in [0.15, 0.2) is 45.9 Å². The van der Waals surface area contributed by atoms with Crippen molar-refractivity contribution >= 4 is 33.5 Å². The fourth-order valence-corrected chi connectivity index (χ4v) is 3.22. The number of benzene rings is 1. The van der Waals surface area contributed by atoms with Gasteiger partial charge >= 0.3 is 0 Å². The van der Waals surface area contributed by atoms with Gasteiger partial charge in [0.1, 0.15) is 5.82 Å². The highest BCUT2D eigenvalue weighted by atomic mass is 79.9. The van der Waals surface area contributed by atoms with Crippen LogP contribution in [0.2, 0.25) is 0 Å². The quantitative estimate of drug-likeness (QED) is 0.837. The second-order valence-electron chi connectivity index (χ2n) is 4.36. The van der Waals surface area contributed by atoms with E-state index < -0.39 is 0 Å². The van der Waals surface area contributed by atoms with Gasteiger partial charge in [0.2, 0.25) is 0 Å². The van der Waals surface area contributed by atoms with E-state index in [-0.39, 0.29) is 6.04 Å². The normalized spacial score (nSPS) is 12.4. The molecule has 2 rings (SSSR count). The van der Waals surface area contributed by atoms with Gasteiger partial charge in [-0.3, -0.25) is 0 Å². The predicted molar refractivity (Wildman–Crippen MR) is 85.2 cm³/mol. The number of nitrogen functional groups attached to an aromatic ring is 1. The second-order valence-corrected chi connectivity index (χ2v) is 6.37. The van der Waals surface area contributed by atoms with Crippen molar-refractivity contribution in [1.82, 2.24) is 4.98 Å². The van der Waals surface area contributed by atoms with E-state index in [2.05, 4.69) is 33.0 Å². The topological polar surface area (TPSA) is 64.9 Å². The van der Waals surface area contributed by atoms with Crippen molar-refractivity contribution in [3.8, 4) is 0 Å². The Balaban J connectivity index is 2.05. The third kappa shape index (κ3) is 3.96. The largest absolute Gasteiger partial charge is 0.383 e. The molecule has 1 heterocycles. The van der Waals surface area contributed by atoms with Crippen molar-refractivity contribution in [3.05, 3.63) is 52.1 Å².